The molecule has 3 aromatic carbocycles. The number of benzene rings is 3. The van der Waals surface area contributed by atoms with Crippen molar-refractivity contribution < 1.29 is 22.7 Å². The van der Waals surface area contributed by atoms with Gasteiger partial charge in [-0.3, -0.25) is 4.79 Å². The van der Waals surface area contributed by atoms with Crippen molar-refractivity contribution in [2.45, 2.75) is 12.8 Å². The van der Waals surface area contributed by atoms with Crippen LogP contribution in [0.5, 0.6) is 5.75 Å². The first-order valence-corrected chi connectivity index (χ1v) is 12.8. The molecule has 1 aliphatic rings. The number of amides is 1. The number of alkyl halides is 3. The normalized spacial score (nSPS) is 15.1. The number of nitrogens with zero attached hydrogens (tertiary/aromatic N) is 2. The molecule has 1 heterocycles. The maximum absolute atomic E-state index is 13.7. The summed E-state index contributed by atoms with van der Waals surface area (Å²) in [6.45, 7) is 0.178. The van der Waals surface area contributed by atoms with E-state index in [9.17, 15) is 18.0 Å². The Morgan fingerprint density at radius 2 is 1.66 bits per heavy atom. The van der Waals surface area contributed by atoms with Crippen molar-refractivity contribution in [2.24, 2.45) is 5.10 Å². The number of carbonyl (C=O) groups excluding carboxylic acids is 1. The van der Waals surface area contributed by atoms with E-state index in [1.807, 2.05) is 45.2 Å². The Balaban J connectivity index is 1.64. The number of anilines is 1. The molecule has 4 nitrogen and oxygen atoms in total. The summed E-state index contributed by atoms with van der Waals surface area (Å²) in [5, 5.41) is 5.32. The van der Waals surface area contributed by atoms with E-state index in [1.165, 1.54) is 18.2 Å². The summed E-state index contributed by atoms with van der Waals surface area (Å²) in [6.07, 6.45) is -3.60. The summed E-state index contributed by atoms with van der Waals surface area (Å²) in [6, 6.07) is 16.3. The van der Waals surface area contributed by atoms with E-state index in [-0.39, 0.29) is 12.3 Å². The molecule has 3 aromatic rings. The molecule has 0 spiro atoms. The fraction of sp³-hybridized carbons (Fsp3) is 0.0833. The zero-order valence-electron chi connectivity index (χ0n) is 17.4. The van der Waals surface area contributed by atoms with Gasteiger partial charge in [-0.1, -0.05) is 47.5 Å². The molecular formula is C24H13Cl2F3I2N2O2. The second-order valence-corrected chi connectivity index (χ2v) is 10.5. The maximum Gasteiger partial charge on any atom is 0.435 e. The van der Waals surface area contributed by atoms with Crippen molar-refractivity contribution >= 4 is 91.8 Å². The molecule has 0 aromatic heterocycles. The summed E-state index contributed by atoms with van der Waals surface area (Å²) >= 11 is 16.2. The Kier molecular flexibility index (Phi) is 7.99. The highest BCUT2D eigenvalue weighted by atomic mass is 127. The van der Waals surface area contributed by atoms with E-state index in [2.05, 4.69) is 5.10 Å². The molecule has 0 unspecified atom stereocenters. The van der Waals surface area contributed by atoms with Gasteiger partial charge < -0.3 is 4.74 Å². The van der Waals surface area contributed by atoms with Gasteiger partial charge in [-0.25, -0.2) is 0 Å². The second kappa shape index (κ2) is 10.7. The lowest BCUT2D eigenvalue weighted by molar-refractivity contribution is -0.114. The molecule has 0 fully saturated rings. The van der Waals surface area contributed by atoms with Crippen molar-refractivity contribution in [3.05, 3.63) is 94.5 Å². The predicted octanol–water partition coefficient (Wildman–Crippen LogP) is 8.13. The van der Waals surface area contributed by atoms with Gasteiger partial charge >= 0.3 is 6.18 Å². The predicted molar refractivity (Wildman–Crippen MR) is 148 cm³/mol. The molecule has 1 aliphatic heterocycles. The topological polar surface area (TPSA) is 41.9 Å². The van der Waals surface area contributed by atoms with Crippen LogP contribution in [0.2, 0.25) is 10.0 Å². The van der Waals surface area contributed by atoms with Crippen LogP contribution in [-0.2, 0) is 11.4 Å². The number of ether oxygens (including phenoxy) is 1. The summed E-state index contributed by atoms with van der Waals surface area (Å²) in [4.78, 5) is 12.9. The van der Waals surface area contributed by atoms with Gasteiger partial charge in [0.15, 0.2) is 5.71 Å². The lowest BCUT2D eigenvalue weighted by atomic mass is 10.1. The van der Waals surface area contributed by atoms with Crippen LogP contribution in [0.1, 0.15) is 11.1 Å². The van der Waals surface area contributed by atoms with Crippen molar-refractivity contribution in [3.8, 4) is 5.75 Å². The fourth-order valence-corrected chi connectivity index (χ4v) is 5.85. The van der Waals surface area contributed by atoms with E-state index in [4.69, 9.17) is 27.9 Å². The monoisotopic (exact) mass is 742 g/mol. The van der Waals surface area contributed by atoms with E-state index < -0.39 is 23.4 Å². The number of para-hydroxylation sites is 1. The van der Waals surface area contributed by atoms with E-state index in [0.29, 0.717) is 28.5 Å². The van der Waals surface area contributed by atoms with Crippen molar-refractivity contribution in [3.63, 3.8) is 0 Å². The second-order valence-electron chi connectivity index (χ2n) is 7.29. The first kappa shape index (κ1) is 26.2. The number of halogens is 7. The van der Waals surface area contributed by atoms with Crippen LogP contribution in [-0.4, -0.2) is 17.8 Å². The van der Waals surface area contributed by atoms with Gasteiger partial charge in [-0.15, -0.1) is 0 Å². The van der Waals surface area contributed by atoms with Crippen molar-refractivity contribution in [1.82, 2.24) is 0 Å². The van der Waals surface area contributed by atoms with Gasteiger partial charge in [0.2, 0.25) is 0 Å². The average molecular weight is 743 g/mol. The van der Waals surface area contributed by atoms with Crippen LogP contribution >= 0.6 is 68.4 Å². The third kappa shape index (κ3) is 5.95. The smallest absolute Gasteiger partial charge is 0.435 e. The first-order chi connectivity index (χ1) is 16.5. The van der Waals surface area contributed by atoms with Crippen LogP contribution in [0.3, 0.4) is 0 Å². The molecule has 4 rings (SSSR count). The summed E-state index contributed by atoms with van der Waals surface area (Å²) in [5.74, 6) is -0.306. The number of hydrazone groups is 1. The van der Waals surface area contributed by atoms with Crippen molar-refractivity contribution in [1.29, 1.82) is 0 Å². The van der Waals surface area contributed by atoms with Gasteiger partial charge in [0.05, 0.1) is 18.4 Å². The number of hydrogen-bond acceptors (Lipinski definition) is 3. The lowest BCUT2D eigenvalue weighted by Gasteiger charge is -2.13. The number of rotatable bonds is 5. The molecule has 0 saturated heterocycles. The van der Waals surface area contributed by atoms with Crippen LogP contribution in [0.15, 0.2) is 71.3 Å². The zero-order valence-corrected chi connectivity index (χ0v) is 23.2. The highest BCUT2D eigenvalue weighted by Crippen LogP contribution is 2.35. The molecule has 180 valence electrons. The maximum atomic E-state index is 13.7. The summed E-state index contributed by atoms with van der Waals surface area (Å²) < 4.78 is 48.4. The lowest BCUT2D eigenvalue weighted by Crippen LogP contribution is -2.25. The van der Waals surface area contributed by atoms with Gasteiger partial charge in [0, 0.05) is 15.6 Å². The van der Waals surface area contributed by atoms with Gasteiger partial charge in [-0.05, 0) is 93.2 Å². The quantitative estimate of drug-likeness (QED) is 0.196. The largest absolute Gasteiger partial charge is 0.487 e. The van der Waals surface area contributed by atoms with E-state index in [1.54, 1.807) is 48.5 Å². The van der Waals surface area contributed by atoms with Crippen LogP contribution in [0, 0.1) is 7.14 Å². The molecule has 0 atom stereocenters. The Labute approximate surface area is 236 Å². The Bertz CT molecular complexity index is 1340. The summed E-state index contributed by atoms with van der Waals surface area (Å²) in [7, 11) is 0. The van der Waals surface area contributed by atoms with Crippen molar-refractivity contribution in [2.75, 3.05) is 5.01 Å². The molecule has 0 N–H and O–H groups in total. The van der Waals surface area contributed by atoms with Crippen LogP contribution in [0.4, 0.5) is 18.9 Å². The molecule has 35 heavy (non-hydrogen) atoms. The third-order valence-corrected chi connectivity index (χ3v) is 7.06. The minimum absolute atomic E-state index is 0.178. The van der Waals surface area contributed by atoms with E-state index >= 15 is 0 Å². The Morgan fingerprint density at radius 3 is 2.26 bits per heavy atom. The molecule has 0 radical (unpaired) electrons. The third-order valence-electron chi connectivity index (χ3n) is 4.87. The highest BCUT2D eigenvalue weighted by molar-refractivity contribution is 14.1. The standard InChI is InChI=1S/C24H13Cl2F3I2N2O2/c25-15-7-6-14(18(26)11-15)12-35-21-19(30)9-13(10-20(21)31)8-17-22(24(27,28)29)32-33(23(17)34)16-4-2-1-3-5-16/h1-11H,12H2/b17-8-. The minimum atomic E-state index is -4.80. The summed E-state index contributed by atoms with van der Waals surface area (Å²) in [5.41, 5.74) is -0.386. The molecule has 11 heteroatoms. The van der Waals surface area contributed by atoms with Crippen LogP contribution < -0.4 is 9.75 Å². The zero-order chi connectivity index (χ0) is 25.3. The van der Waals surface area contributed by atoms with E-state index in [0.717, 1.165) is 10.6 Å². The highest BCUT2D eigenvalue weighted by Gasteiger charge is 2.46. The average Bonchev–Trinajstić information content (AvgIpc) is 3.11. The number of hydrogen-bond donors (Lipinski definition) is 0. The number of carbonyl (C=O) groups is 1. The molecule has 0 aliphatic carbocycles. The van der Waals surface area contributed by atoms with Gasteiger partial charge in [0.1, 0.15) is 12.4 Å². The first-order valence-electron chi connectivity index (χ1n) is 9.87. The Morgan fingerprint density at radius 1 is 1.00 bits per heavy atom. The van der Waals surface area contributed by atoms with Crippen LogP contribution in [0.25, 0.3) is 6.08 Å². The molecule has 1 amide bonds. The molecule has 0 saturated carbocycles. The SMILES string of the molecule is O=C1/C(=C\c2cc(I)c(OCc3ccc(Cl)cc3Cl)c(I)c2)C(C(F)(F)F)=NN1c1ccccc1. The minimum Gasteiger partial charge on any atom is -0.487 e. The fourth-order valence-electron chi connectivity index (χ4n) is 3.25. The Hall–Kier alpha value is -1.83. The molecular weight excluding hydrogens is 730 g/mol. The molecule has 0 bridgehead atoms. The van der Waals surface area contributed by atoms with Gasteiger partial charge in [-0.2, -0.15) is 23.3 Å². The van der Waals surface area contributed by atoms with Gasteiger partial charge in [0.25, 0.3) is 5.91 Å².